The second kappa shape index (κ2) is 14.0. The monoisotopic (exact) mass is 738 g/mol. The Balaban J connectivity index is 0.906. The SMILES string of the molecule is C[C@@H]1CC[C@@]2(OC1)O[C@H]1C[C@H]3[C@@H]4CC=C5C[C@@H](O[C@@H]6O[C@H](CO[C@H]7O[C@H](CO)[C@H](O)[C@H](O)[C@H]7O)[C@@H](O)[C@H](O)[C@H]6O)CC[C@]5(C)[C@H]4CC[C@]3(C)[C@H]1[C@@H]2C. The highest BCUT2D eigenvalue weighted by molar-refractivity contribution is 5.26. The van der Waals surface area contributed by atoms with Crippen molar-refractivity contribution in [3.63, 3.8) is 0 Å². The van der Waals surface area contributed by atoms with Gasteiger partial charge in [0.05, 0.1) is 32.0 Å². The van der Waals surface area contributed by atoms with Crippen molar-refractivity contribution in [1.29, 1.82) is 0 Å². The van der Waals surface area contributed by atoms with Crippen LogP contribution in [-0.2, 0) is 28.4 Å². The molecule has 52 heavy (non-hydrogen) atoms. The molecule has 0 radical (unpaired) electrons. The van der Waals surface area contributed by atoms with E-state index in [2.05, 4.69) is 33.8 Å². The third kappa shape index (κ3) is 5.99. The highest BCUT2D eigenvalue weighted by atomic mass is 16.7. The van der Waals surface area contributed by atoms with E-state index in [-0.39, 0.29) is 29.6 Å². The van der Waals surface area contributed by atoms with Crippen molar-refractivity contribution in [3.05, 3.63) is 11.6 Å². The number of ether oxygens (including phenoxy) is 6. The maximum Gasteiger partial charge on any atom is 0.186 e. The first-order valence-electron chi connectivity index (χ1n) is 20.0. The van der Waals surface area contributed by atoms with Crippen LogP contribution in [0.15, 0.2) is 11.6 Å². The topological polar surface area (TPSA) is 197 Å². The molecule has 4 aliphatic carbocycles. The summed E-state index contributed by atoms with van der Waals surface area (Å²) in [7, 11) is 0. The molecule has 0 aromatic rings. The Kier molecular flexibility index (Phi) is 10.3. The summed E-state index contributed by atoms with van der Waals surface area (Å²) in [6.07, 6.45) is -2.78. The quantitative estimate of drug-likeness (QED) is 0.193. The minimum Gasteiger partial charge on any atom is -0.394 e. The molecule has 7 N–H and O–H groups in total. The van der Waals surface area contributed by atoms with Crippen LogP contribution < -0.4 is 0 Å². The third-order valence-corrected chi connectivity index (χ3v) is 15.6. The van der Waals surface area contributed by atoms with E-state index >= 15 is 0 Å². The fourth-order valence-electron chi connectivity index (χ4n) is 12.5. The lowest BCUT2D eigenvalue weighted by atomic mass is 9.47. The summed E-state index contributed by atoms with van der Waals surface area (Å²) in [5.74, 6) is 2.92. The fourth-order valence-corrected chi connectivity index (χ4v) is 12.5. The standard InChI is InChI=1S/C39H62O13/c1-18-7-12-39(48-16-18)19(2)28-25(52-39)14-24-22-6-5-20-13-21(8-10-37(20,3)23(22)9-11-38(24,28)4)49-36-34(46)32(44)30(42)27(51-36)17-47-35-33(45)31(43)29(41)26(15-40)50-35/h5,18-19,21-36,40-46H,6-17H2,1-4H3/t18-,19+,21+,22-,23+,24+,25+,26-,27-,28+,29+,30-,31+,32+,33-,34-,35+,36-,37+,38+,39-/m1/s1. The molecule has 13 nitrogen and oxygen atoms in total. The average molecular weight is 739 g/mol. The Morgan fingerprint density at radius 1 is 0.808 bits per heavy atom. The van der Waals surface area contributed by atoms with Crippen molar-refractivity contribution in [2.75, 3.05) is 19.8 Å². The Bertz CT molecular complexity index is 1320. The summed E-state index contributed by atoms with van der Waals surface area (Å²) < 4.78 is 36.8. The molecule has 0 bridgehead atoms. The van der Waals surface area contributed by atoms with E-state index in [1.165, 1.54) is 24.8 Å². The van der Waals surface area contributed by atoms with Gasteiger partial charge in [-0.15, -0.1) is 0 Å². The molecule has 4 heterocycles. The van der Waals surface area contributed by atoms with Crippen molar-refractivity contribution < 1.29 is 64.2 Å². The molecule has 8 rings (SSSR count). The Hall–Kier alpha value is -0.780. The molecule has 296 valence electrons. The van der Waals surface area contributed by atoms with Crippen LogP contribution in [0.3, 0.4) is 0 Å². The number of fused-ring (bicyclic) bond motifs is 7. The molecule has 0 amide bonds. The molecule has 0 aromatic carbocycles. The average Bonchev–Trinajstić information content (AvgIpc) is 3.58. The van der Waals surface area contributed by atoms with Crippen LogP contribution in [0.2, 0.25) is 0 Å². The first-order valence-corrected chi connectivity index (χ1v) is 20.0. The highest BCUT2D eigenvalue weighted by Crippen LogP contribution is 2.70. The summed E-state index contributed by atoms with van der Waals surface area (Å²) in [4.78, 5) is 0. The number of allylic oxidation sites excluding steroid dienone is 1. The van der Waals surface area contributed by atoms with Gasteiger partial charge in [-0.2, -0.15) is 0 Å². The third-order valence-electron chi connectivity index (χ3n) is 15.6. The Morgan fingerprint density at radius 2 is 1.52 bits per heavy atom. The smallest absolute Gasteiger partial charge is 0.186 e. The van der Waals surface area contributed by atoms with Gasteiger partial charge in [0.15, 0.2) is 18.4 Å². The molecule has 3 saturated carbocycles. The van der Waals surface area contributed by atoms with Crippen LogP contribution in [0.25, 0.3) is 0 Å². The summed E-state index contributed by atoms with van der Waals surface area (Å²) >= 11 is 0. The van der Waals surface area contributed by atoms with Crippen molar-refractivity contribution in [2.24, 2.45) is 46.3 Å². The molecule has 0 aromatic heterocycles. The van der Waals surface area contributed by atoms with Crippen LogP contribution in [0.1, 0.15) is 85.5 Å². The number of aliphatic hydroxyl groups excluding tert-OH is 7. The lowest BCUT2D eigenvalue weighted by Crippen LogP contribution is -2.62. The summed E-state index contributed by atoms with van der Waals surface area (Å²) in [6, 6.07) is 0. The maximum atomic E-state index is 10.9. The minimum absolute atomic E-state index is 0.0572. The van der Waals surface area contributed by atoms with Crippen LogP contribution in [0, 0.1) is 46.3 Å². The van der Waals surface area contributed by atoms with Crippen molar-refractivity contribution in [3.8, 4) is 0 Å². The van der Waals surface area contributed by atoms with Crippen molar-refractivity contribution >= 4 is 0 Å². The first-order chi connectivity index (χ1) is 24.7. The zero-order valence-corrected chi connectivity index (χ0v) is 31.0. The van der Waals surface area contributed by atoms with E-state index in [0.29, 0.717) is 41.9 Å². The van der Waals surface area contributed by atoms with E-state index in [9.17, 15) is 35.7 Å². The zero-order chi connectivity index (χ0) is 36.9. The van der Waals surface area contributed by atoms with Gasteiger partial charge in [0.2, 0.25) is 0 Å². The molecule has 1 spiro atoms. The van der Waals surface area contributed by atoms with E-state index in [0.717, 1.165) is 38.7 Å². The van der Waals surface area contributed by atoms with Crippen molar-refractivity contribution in [1.82, 2.24) is 0 Å². The van der Waals surface area contributed by atoms with E-state index in [1.807, 2.05) is 0 Å². The van der Waals surface area contributed by atoms with Crippen LogP contribution >= 0.6 is 0 Å². The van der Waals surface area contributed by atoms with Crippen LogP contribution in [0.5, 0.6) is 0 Å². The van der Waals surface area contributed by atoms with Gasteiger partial charge in [0.25, 0.3) is 0 Å². The van der Waals surface area contributed by atoms with Crippen LogP contribution in [-0.4, -0.2) is 135 Å². The van der Waals surface area contributed by atoms with Gasteiger partial charge in [-0.25, -0.2) is 0 Å². The van der Waals surface area contributed by atoms with Gasteiger partial charge in [-0.05, 0) is 91.8 Å². The lowest BCUT2D eigenvalue weighted by Gasteiger charge is -2.58. The molecule has 7 fully saturated rings. The summed E-state index contributed by atoms with van der Waals surface area (Å²) in [5, 5.41) is 72.4. The Labute approximate surface area is 306 Å². The number of aliphatic hydroxyl groups is 7. The molecule has 4 saturated heterocycles. The number of rotatable bonds is 6. The molecular weight excluding hydrogens is 676 g/mol. The van der Waals surface area contributed by atoms with Gasteiger partial charge in [-0.1, -0.05) is 39.3 Å². The summed E-state index contributed by atoms with van der Waals surface area (Å²) in [6.45, 7) is 9.45. The van der Waals surface area contributed by atoms with E-state index in [1.54, 1.807) is 0 Å². The largest absolute Gasteiger partial charge is 0.394 e. The molecule has 8 aliphatic rings. The second-order valence-electron chi connectivity index (χ2n) is 18.3. The van der Waals surface area contributed by atoms with E-state index in [4.69, 9.17) is 28.4 Å². The maximum absolute atomic E-state index is 10.9. The predicted octanol–water partition coefficient (Wildman–Crippen LogP) is 1.36. The first kappa shape index (κ1) is 38.1. The number of hydrogen-bond donors (Lipinski definition) is 7. The molecular formula is C39H62O13. The van der Waals surface area contributed by atoms with Gasteiger partial charge < -0.3 is 64.2 Å². The predicted molar refractivity (Wildman–Crippen MR) is 183 cm³/mol. The molecule has 0 unspecified atom stereocenters. The molecule has 13 heteroatoms. The van der Waals surface area contributed by atoms with Crippen LogP contribution in [0.4, 0.5) is 0 Å². The van der Waals surface area contributed by atoms with Gasteiger partial charge in [0.1, 0.15) is 48.8 Å². The lowest BCUT2D eigenvalue weighted by molar-refractivity contribution is -0.336. The Morgan fingerprint density at radius 3 is 2.23 bits per heavy atom. The molecule has 4 aliphatic heterocycles. The van der Waals surface area contributed by atoms with E-state index < -0.39 is 73.8 Å². The summed E-state index contributed by atoms with van der Waals surface area (Å²) in [5.41, 5.74) is 1.70. The normalized spacial score (nSPS) is 57.5. The molecule has 21 atom stereocenters. The van der Waals surface area contributed by atoms with Gasteiger partial charge in [0, 0.05) is 12.3 Å². The zero-order valence-electron chi connectivity index (χ0n) is 31.0. The number of hydrogen-bond acceptors (Lipinski definition) is 13. The minimum atomic E-state index is -1.63. The van der Waals surface area contributed by atoms with Crippen molar-refractivity contribution in [2.45, 2.75) is 165 Å². The second-order valence-corrected chi connectivity index (χ2v) is 18.3. The highest BCUT2D eigenvalue weighted by Gasteiger charge is 2.68. The fraction of sp³-hybridized carbons (Fsp3) is 0.949. The van der Waals surface area contributed by atoms with Gasteiger partial charge in [-0.3, -0.25) is 0 Å². The van der Waals surface area contributed by atoms with Gasteiger partial charge >= 0.3 is 0 Å².